The summed E-state index contributed by atoms with van der Waals surface area (Å²) in [5.74, 6) is 0.111. The lowest BCUT2D eigenvalue weighted by Crippen LogP contribution is -2.09. The molecule has 0 radical (unpaired) electrons. The van der Waals surface area contributed by atoms with Crippen LogP contribution in [0.5, 0.6) is 5.75 Å². The van der Waals surface area contributed by atoms with Crippen molar-refractivity contribution in [2.45, 2.75) is 0 Å². The van der Waals surface area contributed by atoms with E-state index in [9.17, 15) is 9.90 Å². The second-order valence-electron chi connectivity index (χ2n) is 2.95. The van der Waals surface area contributed by atoms with Gasteiger partial charge < -0.3 is 10.1 Å². The van der Waals surface area contributed by atoms with Gasteiger partial charge in [-0.05, 0) is 24.3 Å². The van der Waals surface area contributed by atoms with Crippen molar-refractivity contribution in [1.29, 1.82) is 0 Å². The summed E-state index contributed by atoms with van der Waals surface area (Å²) in [5.41, 5.74) is 0.657. The lowest BCUT2D eigenvalue weighted by molar-refractivity contribution is 0.477. The van der Waals surface area contributed by atoms with Gasteiger partial charge >= 0.3 is 5.69 Å². The fourth-order valence-electron chi connectivity index (χ4n) is 1.25. The average molecular weight is 267 g/mol. The molecular weight excluding hydrogens is 260 g/mol. The van der Waals surface area contributed by atoms with Crippen LogP contribution in [0.4, 0.5) is 0 Å². The highest BCUT2D eigenvalue weighted by molar-refractivity contribution is 9.10. The molecular formula is C10H7BrN2O2. The summed E-state index contributed by atoms with van der Waals surface area (Å²) in [6.45, 7) is 0. The number of rotatable bonds is 1. The maximum Gasteiger partial charge on any atom is 0.345 e. The fraction of sp³-hybridized carbons (Fsp3) is 0. The normalized spacial score (nSPS) is 10.2. The molecule has 5 heteroatoms. The molecule has 0 saturated carbocycles. The van der Waals surface area contributed by atoms with Crippen LogP contribution in [-0.4, -0.2) is 15.1 Å². The summed E-state index contributed by atoms with van der Waals surface area (Å²) in [7, 11) is 0. The number of hydrogen-bond acceptors (Lipinski definition) is 3. The van der Waals surface area contributed by atoms with Crippen LogP contribution >= 0.6 is 15.9 Å². The minimum atomic E-state index is -0.438. The number of aromatic nitrogens is 2. The lowest BCUT2D eigenvalue weighted by atomic mass is 10.1. The van der Waals surface area contributed by atoms with Gasteiger partial charge in [-0.25, -0.2) is 9.78 Å². The van der Waals surface area contributed by atoms with Gasteiger partial charge in [0.2, 0.25) is 0 Å². The molecule has 2 aromatic rings. The maximum absolute atomic E-state index is 11.0. The summed E-state index contributed by atoms with van der Waals surface area (Å²) in [6.07, 6.45) is 1.40. The van der Waals surface area contributed by atoms with E-state index in [1.54, 1.807) is 24.3 Å². The topological polar surface area (TPSA) is 66.0 Å². The fourth-order valence-corrected chi connectivity index (χ4v) is 1.61. The molecule has 1 heterocycles. The van der Waals surface area contributed by atoms with Crippen LogP contribution in [0.2, 0.25) is 0 Å². The van der Waals surface area contributed by atoms with Crippen molar-refractivity contribution in [3.05, 3.63) is 45.4 Å². The highest BCUT2D eigenvalue weighted by Gasteiger charge is 2.05. The van der Waals surface area contributed by atoms with Crippen molar-refractivity contribution in [3.63, 3.8) is 0 Å². The number of hydrogen-bond donors (Lipinski definition) is 2. The molecule has 0 aliphatic heterocycles. The van der Waals surface area contributed by atoms with Crippen LogP contribution in [-0.2, 0) is 0 Å². The standard InChI is InChI=1S/C10H7BrN2O2/c11-6-1-2-9(14)7(5-6)8-3-4-12-10(15)13-8/h1-5,14H,(H,12,13,15). The van der Waals surface area contributed by atoms with Gasteiger partial charge in [0.05, 0.1) is 5.69 Å². The summed E-state index contributed by atoms with van der Waals surface area (Å²) in [5, 5.41) is 9.62. The number of phenolic OH excluding ortho intramolecular Hbond substituents is 1. The molecule has 0 aliphatic rings. The monoisotopic (exact) mass is 266 g/mol. The Balaban J connectivity index is 2.63. The Bertz CT molecular complexity index is 551. The predicted octanol–water partition coefficient (Wildman–Crippen LogP) is 1.90. The van der Waals surface area contributed by atoms with E-state index in [1.807, 2.05) is 0 Å². The lowest BCUT2D eigenvalue weighted by Gasteiger charge is -2.04. The first-order chi connectivity index (χ1) is 7.16. The average Bonchev–Trinajstić information content (AvgIpc) is 2.22. The number of benzene rings is 1. The minimum Gasteiger partial charge on any atom is -0.507 e. The van der Waals surface area contributed by atoms with Crippen LogP contribution in [0.15, 0.2) is 39.7 Å². The van der Waals surface area contributed by atoms with E-state index < -0.39 is 5.69 Å². The van der Waals surface area contributed by atoms with Crippen molar-refractivity contribution >= 4 is 15.9 Å². The molecule has 0 fully saturated rings. The maximum atomic E-state index is 11.0. The third-order valence-corrected chi connectivity index (χ3v) is 2.42. The van der Waals surface area contributed by atoms with Crippen molar-refractivity contribution in [2.75, 3.05) is 0 Å². The summed E-state index contributed by atoms with van der Waals surface area (Å²) >= 11 is 3.29. The third kappa shape index (κ3) is 2.07. The first-order valence-corrected chi connectivity index (χ1v) is 5.00. The Labute approximate surface area is 93.8 Å². The van der Waals surface area contributed by atoms with Gasteiger partial charge in [-0.1, -0.05) is 15.9 Å². The van der Waals surface area contributed by atoms with Crippen LogP contribution in [0.25, 0.3) is 11.3 Å². The van der Waals surface area contributed by atoms with Crippen LogP contribution in [0.3, 0.4) is 0 Å². The Morgan fingerprint density at radius 1 is 1.33 bits per heavy atom. The van der Waals surface area contributed by atoms with E-state index >= 15 is 0 Å². The van der Waals surface area contributed by atoms with E-state index in [-0.39, 0.29) is 5.75 Å². The molecule has 1 aromatic carbocycles. The molecule has 0 atom stereocenters. The van der Waals surface area contributed by atoms with E-state index in [1.165, 1.54) is 6.20 Å². The minimum absolute atomic E-state index is 0.111. The van der Waals surface area contributed by atoms with Crippen LogP contribution < -0.4 is 5.69 Å². The zero-order valence-electron chi connectivity index (χ0n) is 7.57. The number of halogens is 1. The second kappa shape index (κ2) is 3.86. The smallest absolute Gasteiger partial charge is 0.345 e. The SMILES string of the molecule is O=c1nccc(-c2cc(Br)ccc2O)[nH]1. The van der Waals surface area contributed by atoms with Crippen LogP contribution in [0, 0.1) is 0 Å². The first kappa shape index (κ1) is 9.92. The Morgan fingerprint density at radius 3 is 2.87 bits per heavy atom. The second-order valence-corrected chi connectivity index (χ2v) is 3.87. The summed E-state index contributed by atoms with van der Waals surface area (Å²) in [6, 6.07) is 6.62. The molecule has 2 N–H and O–H groups in total. The Hall–Kier alpha value is -1.62. The molecule has 0 spiro atoms. The summed E-state index contributed by atoms with van der Waals surface area (Å²) in [4.78, 5) is 17.1. The van der Waals surface area contributed by atoms with Gasteiger partial charge in [0, 0.05) is 16.2 Å². The molecule has 0 aliphatic carbocycles. The van der Waals surface area contributed by atoms with Crippen molar-refractivity contribution < 1.29 is 5.11 Å². The predicted molar refractivity (Wildman–Crippen MR) is 59.7 cm³/mol. The number of nitrogens with zero attached hydrogens (tertiary/aromatic N) is 1. The zero-order valence-corrected chi connectivity index (χ0v) is 9.15. The molecule has 2 rings (SSSR count). The molecule has 0 bridgehead atoms. The van der Waals surface area contributed by atoms with Crippen molar-refractivity contribution in [2.24, 2.45) is 0 Å². The van der Waals surface area contributed by atoms with E-state index in [0.29, 0.717) is 11.3 Å². The quantitative estimate of drug-likeness (QED) is 0.829. The van der Waals surface area contributed by atoms with Gasteiger partial charge in [0.1, 0.15) is 5.75 Å². The molecule has 0 saturated heterocycles. The molecule has 4 nitrogen and oxygen atoms in total. The Morgan fingerprint density at radius 2 is 2.13 bits per heavy atom. The van der Waals surface area contributed by atoms with Crippen molar-refractivity contribution in [3.8, 4) is 17.0 Å². The number of H-pyrrole nitrogens is 1. The molecule has 1 aromatic heterocycles. The Kier molecular flexibility index (Phi) is 2.55. The van der Waals surface area contributed by atoms with Crippen molar-refractivity contribution in [1.82, 2.24) is 9.97 Å². The highest BCUT2D eigenvalue weighted by atomic mass is 79.9. The summed E-state index contributed by atoms with van der Waals surface area (Å²) < 4.78 is 0.827. The molecule has 15 heavy (non-hydrogen) atoms. The van der Waals surface area contributed by atoms with Crippen LogP contribution in [0.1, 0.15) is 0 Å². The van der Waals surface area contributed by atoms with Gasteiger partial charge in [0.15, 0.2) is 0 Å². The third-order valence-electron chi connectivity index (χ3n) is 1.92. The van der Waals surface area contributed by atoms with E-state index in [0.717, 1.165) is 4.47 Å². The van der Waals surface area contributed by atoms with Gasteiger partial charge in [0.25, 0.3) is 0 Å². The van der Waals surface area contributed by atoms with Gasteiger partial charge in [-0.15, -0.1) is 0 Å². The largest absolute Gasteiger partial charge is 0.507 e. The molecule has 76 valence electrons. The number of nitrogens with one attached hydrogen (secondary N) is 1. The van der Waals surface area contributed by atoms with Gasteiger partial charge in [-0.2, -0.15) is 0 Å². The molecule has 0 unspecified atom stereocenters. The number of aromatic amines is 1. The number of phenols is 1. The van der Waals surface area contributed by atoms with Gasteiger partial charge in [-0.3, -0.25) is 0 Å². The molecule has 0 amide bonds. The van der Waals surface area contributed by atoms with E-state index in [2.05, 4.69) is 25.9 Å². The highest BCUT2D eigenvalue weighted by Crippen LogP contribution is 2.29. The first-order valence-electron chi connectivity index (χ1n) is 4.21. The number of aromatic hydroxyl groups is 1. The zero-order chi connectivity index (χ0) is 10.8. The van der Waals surface area contributed by atoms with E-state index in [4.69, 9.17) is 0 Å².